The zero-order valence-electron chi connectivity index (χ0n) is 21.8. The number of aromatic hydroxyl groups is 1. The van der Waals surface area contributed by atoms with Crippen LogP contribution in [-0.2, 0) is 9.53 Å². The van der Waals surface area contributed by atoms with Gasteiger partial charge in [-0.3, -0.25) is 4.79 Å². The van der Waals surface area contributed by atoms with Crippen molar-refractivity contribution in [3.05, 3.63) is 41.0 Å². The number of fused-ring (bicyclic) bond motifs is 3. The van der Waals surface area contributed by atoms with Crippen LogP contribution in [-0.4, -0.2) is 86.9 Å². The first kappa shape index (κ1) is 25.8. The second kappa shape index (κ2) is 10.1. The Morgan fingerprint density at radius 3 is 2.21 bits per heavy atom. The minimum absolute atomic E-state index is 0.0504. The SMILES string of the molecule is COc1cc([C@@H]2c3cc4c(cc3[C@H](N(CCCN(C)C)C(=O)O)[C@H]3C(=O)OC[C@H]23)OCO4)cc(OC)c1O. The summed E-state index contributed by atoms with van der Waals surface area (Å²) in [4.78, 5) is 29.2. The Bertz CT molecular complexity index is 1220. The molecule has 0 spiro atoms. The highest BCUT2D eigenvalue weighted by Gasteiger charge is 2.55. The van der Waals surface area contributed by atoms with E-state index in [9.17, 15) is 19.8 Å². The van der Waals surface area contributed by atoms with E-state index in [1.54, 1.807) is 18.2 Å². The number of carbonyl (C=O) groups excluding carboxylic acids is 1. The largest absolute Gasteiger partial charge is 0.502 e. The van der Waals surface area contributed by atoms with Gasteiger partial charge in [0.05, 0.1) is 32.8 Å². The summed E-state index contributed by atoms with van der Waals surface area (Å²) in [7, 11) is 6.75. The molecule has 4 atom stereocenters. The van der Waals surface area contributed by atoms with Gasteiger partial charge in [0.1, 0.15) is 0 Å². The van der Waals surface area contributed by atoms with Crippen LogP contribution in [0.1, 0.15) is 35.1 Å². The van der Waals surface area contributed by atoms with Crippen molar-refractivity contribution in [2.45, 2.75) is 18.4 Å². The number of hydrogen-bond acceptors (Lipinski definition) is 9. The van der Waals surface area contributed by atoms with Crippen molar-refractivity contribution in [2.75, 3.05) is 54.8 Å². The molecule has 204 valence electrons. The maximum atomic E-state index is 13.3. The summed E-state index contributed by atoms with van der Waals surface area (Å²) >= 11 is 0. The zero-order chi connectivity index (χ0) is 27.1. The molecule has 0 saturated carbocycles. The molecule has 0 unspecified atom stereocenters. The van der Waals surface area contributed by atoms with Crippen LogP contribution in [0.2, 0.25) is 0 Å². The highest BCUT2D eigenvalue weighted by Crippen LogP contribution is 2.57. The number of esters is 1. The van der Waals surface area contributed by atoms with Crippen molar-refractivity contribution in [3.8, 4) is 28.7 Å². The van der Waals surface area contributed by atoms with Crippen LogP contribution in [0.15, 0.2) is 24.3 Å². The van der Waals surface area contributed by atoms with E-state index in [1.807, 2.05) is 25.1 Å². The second-order valence-electron chi connectivity index (χ2n) is 9.98. The Hall–Kier alpha value is -3.86. The molecule has 1 aliphatic carbocycles. The Balaban J connectivity index is 1.70. The lowest BCUT2D eigenvalue weighted by Crippen LogP contribution is -2.46. The summed E-state index contributed by atoms with van der Waals surface area (Å²) in [6.45, 7) is 1.11. The molecule has 1 fully saturated rings. The molecule has 11 heteroatoms. The van der Waals surface area contributed by atoms with Gasteiger partial charge in [-0.05, 0) is 68.0 Å². The van der Waals surface area contributed by atoms with Crippen LogP contribution in [0.25, 0.3) is 0 Å². The summed E-state index contributed by atoms with van der Waals surface area (Å²) in [5.74, 6) is -0.600. The van der Waals surface area contributed by atoms with Gasteiger partial charge in [-0.25, -0.2) is 4.79 Å². The van der Waals surface area contributed by atoms with Crippen molar-refractivity contribution in [2.24, 2.45) is 11.8 Å². The minimum atomic E-state index is -1.11. The standard InChI is InChI=1S/C27H32N2O9/c1-28(2)6-5-7-29(27(32)33)24-16-11-19-18(37-13-38-19)10-15(16)22(17-12-36-26(31)23(17)24)14-8-20(34-3)25(30)21(9-14)35-4/h8-11,17,22-24,30H,5-7,12-13H2,1-4H3,(H,32,33)/t17-,22-,23+,24+/m1/s1. The summed E-state index contributed by atoms with van der Waals surface area (Å²) in [5.41, 5.74) is 2.20. The fourth-order valence-corrected chi connectivity index (χ4v) is 5.94. The van der Waals surface area contributed by atoms with E-state index < -0.39 is 29.9 Å². The van der Waals surface area contributed by atoms with Crippen molar-refractivity contribution >= 4 is 12.1 Å². The van der Waals surface area contributed by atoms with Gasteiger partial charge in [-0.15, -0.1) is 0 Å². The van der Waals surface area contributed by atoms with Gasteiger partial charge < -0.3 is 43.7 Å². The van der Waals surface area contributed by atoms with Crippen LogP contribution in [0.3, 0.4) is 0 Å². The quantitative estimate of drug-likeness (QED) is 0.494. The average molecular weight is 529 g/mol. The third-order valence-electron chi connectivity index (χ3n) is 7.60. The molecule has 0 radical (unpaired) electrons. The number of phenols is 1. The molecule has 2 aliphatic heterocycles. The number of phenolic OH excluding ortho intramolecular Hbond substituents is 1. The zero-order valence-corrected chi connectivity index (χ0v) is 21.8. The number of nitrogens with zero attached hydrogens (tertiary/aromatic N) is 2. The lowest BCUT2D eigenvalue weighted by atomic mass is 9.65. The molecule has 38 heavy (non-hydrogen) atoms. The Labute approximate surface area is 220 Å². The summed E-state index contributed by atoms with van der Waals surface area (Å²) in [5, 5.41) is 20.8. The summed E-state index contributed by atoms with van der Waals surface area (Å²) in [6, 6.07) is 6.30. The number of methoxy groups -OCH3 is 2. The molecular formula is C27H32N2O9. The molecule has 11 nitrogen and oxygen atoms in total. The number of benzene rings is 2. The summed E-state index contributed by atoms with van der Waals surface area (Å²) in [6.07, 6.45) is -0.514. The molecule has 3 aliphatic rings. The lowest BCUT2D eigenvalue weighted by molar-refractivity contribution is -0.143. The number of cyclic esters (lactones) is 1. The van der Waals surface area contributed by atoms with E-state index in [4.69, 9.17) is 23.7 Å². The monoisotopic (exact) mass is 528 g/mol. The van der Waals surface area contributed by atoms with Crippen LogP contribution >= 0.6 is 0 Å². The fourth-order valence-electron chi connectivity index (χ4n) is 5.94. The predicted octanol–water partition coefficient (Wildman–Crippen LogP) is 3.05. The van der Waals surface area contributed by atoms with Gasteiger partial charge in [-0.2, -0.15) is 0 Å². The van der Waals surface area contributed by atoms with E-state index in [-0.39, 0.29) is 43.1 Å². The van der Waals surface area contributed by atoms with Gasteiger partial charge in [0, 0.05) is 18.4 Å². The molecule has 5 rings (SSSR count). The number of carbonyl (C=O) groups is 2. The lowest BCUT2D eigenvalue weighted by Gasteiger charge is -2.43. The number of carboxylic acid groups (broad SMARTS) is 1. The van der Waals surface area contributed by atoms with E-state index in [0.29, 0.717) is 30.0 Å². The molecule has 2 aromatic carbocycles. The first-order valence-electron chi connectivity index (χ1n) is 12.4. The van der Waals surface area contributed by atoms with E-state index >= 15 is 0 Å². The van der Waals surface area contributed by atoms with Crippen molar-refractivity contribution in [1.29, 1.82) is 0 Å². The Kier molecular flexibility index (Phi) is 6.87. The smallest absolute Gasteiger partial charge is 0.407 e. The predicted molar refractivity (Wildman–Crippen MR) is 134 cm³/mol. The maximum Gasteiger partial charge on any atom is 0.407 e. The first-order chi connectivity index (χ1) is 18.2. The minimum Gasteiger partial charge on any atom is -0.502 e. The van der Waals surface area contributed by atoms with Crippen LogP contribution in [0.4, 0.5) is 4.79 Å². The number of hydrogen-bond donors (Lipinski definition) is 2. The molecular weight excluding hydrogens is 496 g/mol. The topological polar surface area (TPSA) is 127 Å². The van der Waals surface area contributed by atoms with Gasteiger partial charge in [-0.1, -0.05) is 0 Å². The normalized spacial score (nSPS) is 23.0. The highest BCUT2D eigenvalue weighted by molar-refractivity contribution is 5.79. The molecule has 2 heterocycles. The van der Waals surface area contributed by atoms with Gasteiger partial charge in [0.25, 0.3) is 0 Å². The summed E-state index contributed by atoms with van der Waals surface area (Å²) < 4.78 is 27.7. The first-order valence-corrected chi connectivity index (χ1v) is 12.4. The highest BCUT2D eigenvalue weighted by atomic mass is 16.7. The van der Waals surface area contributed by atoms with Gasteiger partial charge in [0.2, 0.25) is 12.5 Å². The number of rotatable bonds is 8. The second-order valence-corrected chi connectivity index (χ2v) is 9.98. The van der Waals surface area contributed by atoms with E-state index in [1.165, 1.54) is 19.1 Å². The number of amides is 1. The molecule has 1 saturated heterocycles. The average Bonchev–Trinajstić information content (AvgIpc) is 3.50. The maximum absolute atomic E-state index is 13.3. The molecule has 2 aromatic rings. The van der Waals surface area contributed by atoms with E-state index in [2.05, 4.69) is 0 Å². The van der Waals surface area contributed by atoms with Crippen LogP contribution in [0, 0.1) is 11.8 Å². The molecule has 0 bridgehead atoms. The van der Waals surface area contributed by atoms with Gasteiger partial charge in [0.15, 0.2) is 23.0 Å². The van der Waals surface area contributed by atoms with Gasteiger partial charge >= 0.3 is 12.1 Å². The number of ether oxygens (including phenoxy) is 5. The third kappa shape index (κ3) is 4.30. The molecule has 0 aromatic heterocycles. The van der Waals surface area contributed by atoms with Crippen molar-refractivity contribution in [3.63, 3.8) is 0 Å². The van der Waals surface area contributed by atoms with E-state index in [0.717, 1.165) is 11.1 Å². The Morgan fingerprint density at radius 1 is 1.00 bits per heavy atom. The molecule has 1 amide bonds. The fraction of sp³-hybridized carbons (Fsp3) is 0.481. The van der Waals surface area contributed by atoms with Crippen molar-refractivity contribution < 1.29 is 43.5 Å². The molecule has 2 N–H and O–H groups in total. The third-order valence-corrected chi connectivity index (χ3v) is 7.60. The van der Waals surface area contributed by atoms with Crippen LogP contribution < -0.4 is 18.9 Å². The van der Waals surface area contributed by atoms with Crippen LogP contribution in [0.5, 0.6) is 28.7 Å². The Morgan fingerprint density at radius 2 is 1.63 bits per heavy atom. The van der Waals surface area contributed by atoms with Crippen molar-refractivity contribution in [1.82, 2.24) is 9.80 Å².